The van der Waals surface area contributed by atoms with Crippen LogP contribution < -0.4 is 10.6 Å². The van der Waals surface area contributed by atoms with Crippen molar-refractivity contribution in [3.05, 3.63) is 143 Å². The number of rotatable bonds is 6. The zero-order valence-electron chi connectivity index (χ0n) is 29.2. The van der Waals surface area contributed by atoms with E-state index >= 15 is 0 Å². The standard InChI is InChI=1S/C20H13F3N6.C19H12F2N6/c1-12-26-18(28-15-6-2-13(10-24)3-7-15)17-11-25-29(19(17)27-12)16-8-4-14(5-9-16)20(21,22)23;1-11-24-18(26-14-5-2-12(9-22)3-6-14)15-10-23-27(19(15)25-11)17-7-4-13(20)8-16(17)21/h2-9,11H,1H3,(H,26,27,28);2-8,10H,1H3,(H,24,25,26). The number of alkyl halides is 3. The molecule has 17 heteroatoms. The summed E-state index contributed by atoms with van der Waals surface area (Å²) >= 11 is 0. The maximum Gasteiger partial charge on any atom is 0.416 e. The van der Waals surface area contributed by atoms with E-state index in [4.69, 9.17) is 10.5 Å². The molecule has 276 valence electrons. The zero-order valence-corrected chi connectivity index (χ0v) is 29.2. The van der Waals surface area contributed by atoms with Crippen LogP contribution in [0.2, 0.25) is 0 Å². The third kappa shape index (κ3) is 7.64. The van der Waals surface area contributed by atoms with Gasteiger partial charge in [-0.3, -0.25) is 0 Å². The lowest BCUT2D eigenvalue weighted by Gasteiger charge is -2.10. The smallest absolute Gasteiger partial charge is 0.340 e. The number of benzene rings is 4. The lowest BCUT2D eigenvalue weighted by Crippen LogP contribution is -2.06. The summed E-state index contributed by atoms with van der Waals surface area (Å²) in [7, 11) is 0. The number of aromatic nitrogens is 8. The highest BCUT2D eigenvalue weighted by Crippen LogP contribution is 2.31. The summed E-state index contributed by atoms with van der Waals surface area (Å²) in [5.41, 5.74) is 3.21. The molecule has 0 radical (unpaired) electrons. The molecule has 0 saturated heterocycles. The van der Waals surface area contributed by atoms with Gasteiger partial charge in [0.15, 0.2) is 17.1 Å². The van der Waals surface area contributed by atoms with Gasteiger partial charge in [0.25, 0.3) is 0 Å². The second-order valence-corrected chi connectivity index (χ2v) is 12.1. The Morgan fingerprint density at radius 1 is 0.607 bits per heavy atom. The summed E-state index contributed by atoms with van der Waals surface area (Å²) in [4.78, 5) is 17.5. The van der Waals surface area contributed by atoms with Gasteiger partial charge < -0.3 is 10.6 Å². The second kappa shape index (κ2) is 14.9. The highest BCUT2D eigenvalue weighted by atomic mass is 19.4. The van der Waals surface area contributed by atoms with Crippen molar-refractivity contribution < 1.29 is 22.0 Å². The lowest BCUT2D eigenvalue weighted by atomic mass is 10.2. The van der Waals surface area contributed by atoms with Gasteiger partial charge in [0.2, 0.25) is 0 Å². The molecule has 0 unspecified atom stereocenters. The second-order valence-electron chi connectivity index (χ2n) is 12.1. The van der Waals surface area contributed by atoms with Crippen LogP contribution in [0.5, 0.6) is 0 Å². The van der Waals surface area contributed by atoms with Crippen molar-refractivity contribution >= 4 is 45.1 Å². The summed E-state index contributed by atoms with van der Waals surface area (Å²) in [6, 6.07) is 25.8. The van der Waals surface area contributed by atoms with Gasteiger partial charge in [-0.15, -0.1) is 0 Å². The number of hydrogen-bond donors (Lipinski definition) is 2. The molecular formula is C39H25F5N12. The topological polar surface area (TPSA) is 159 Å². The van der Waals surface area contributed by atoms with Crippen LogP contribution >= 0.6 is 0 Å². The minimum atomic E-state index is -4.40. The monoisotopic (exact) mass is 756 g/mol. The maximum atomic E-state index is 14.2. The summed E-state index contributed by atoms with van der Waals surface area (Å²) in [5.74, 6) is 0.538. The van der Waals surface area contributed by atoms with Crippen LogP contribution in [0.3, 0.4) is 0 Å². The fourth-order valence-corrected chi connectivity index (χ4v) is 5.56. The molecule has 0 bridgehead atoms. The molecule has 8 aromatic rings. The number of hydrogen-bond acceptors (Lipinski definition) is 10. The summed E-state index contributed by atoms with van der Waals surface area (Å²) in [6.45, 7) is 3.43. The van der Waals surface area contributed by atoms with Gasteiger partial charge in [0.1, 0.15) is 34.8 Å². The molecule has 4 aromatic carbocycles. The molecule has 4 heterocycles. The molecule has 4 aromatic heterocycles. The van der Waals surface area contributed by atoms with E-state index in [0.717, 1.165) is 35.6 Å². The summed E-state index contributed by atoms with van der Waals surface area (Å²) in [5, 5.41) is 33.8. The molecule has 0 aliphatic carbocycles. The van der Waals surface area contributed by atoms with Crippen LogP contribution in [0.4, 0.5) is 45.0 Å². The predicted octanol–water partition coefficient (Wildman–Crippen LogP) is 8.78. The van der Waals surface area contributed by atoms with Crippen molar-refractivity contribution in [1.82, 2.24) is 39.5 Å². The average molecular weight is 757 g/mol. The number of aryl methyl sites for hydroxylation is 2. The van der Waals surface area contributed by atoms with E-state index < -0.39 is 23.4 Å². The number of fused-ring (bicyclic) bond motifs is 2. The van der Waals surface area contributed by atoms with E-state index in [2.05, 4.69) is 52.9 Å². The average Bonchev–Trinajstić information content (AvgIpc) is 3.80. The highest BCUT2D eigenvalue weighted by Gasteiger charge is 2.30. The summed E-state index contributed by atoms with van der Waals surface area (Å²) < 4.78 is 68.6. The molecule has 0 atom stereocenters. The highest BCUT2D eigenvalue weighted by molar-refractivity contribution is 5.90. The zero-order chi connectivity index (χ0) is 39.6. The minimum Gasteiger partial charge on any atom is -0.340 e. The Labute approximate surface area is 314 Å². The Morgan fingerprint density at radius 3 is 1.55 bits per heavy atom. The van der Waals surface area contributed by atoms with Crippen molar-refractivity contribution in [2.75, 3.05) is 10.6 Å². The van der Waals surface area contributed by atoms with Gasteiger partial charge >= 0.3 is 6.18 Å². The lowest BCUT2D eigenvalue weighted by molar-refractivity contribution is -0.137. The molecule has 0 aliphatic heterocycles. The molecule has 0 aliphatic rings. The molecule has 12 nitrogen and oxygen atoms in total. The fourth-order valence-electron chi connectivity index (χ4n) is 5.56. The van der Waals surface area contributed by atoms with Gasteiger partial charge in [-0.1, -0.05) is 0 Å². The molecule has 2 N–H and O–H groups in total. The van der Waals surface area contributed by atoms with Crippen LogP contribution in [0.15, 0.2) is 103 Å². The third-order valence-corrected chi connectivity index (χ3v) is 8.21. The Bertz CT molecular complexity index is 2800. The molecule has 0 saturated carbocycles. The van der Waals surface area contributed by atoms with E-state index in [1.165, 1.54) is 33.8 Å². The first-order valence-corrected chi connectivity index (χ1v) is 16.5. The summed E-state index contributed by atoms with van der Waals surface area (Å²) in [6.07, 6.45) is -1.33. The Kier molecular flexibility index (Phi) is 9.74. The van der Waals surface area contributed by atoms with Gasteiger partial charge in [-0.2, -0.15) is 33.9 Å². The van der Waals surface area contributed by atoms with E-state index in [1.807, 2.05) is 0 Å². The van der Waals surface area contributed by atoms with Gasteiger partial charge in [0, 0.05) is 17.4 Å². The van der Waals surface area contributed by atoms with E-state index in [0.29, 0.717) is 62.2 Å². The molecule has 0 amide bonds. The predicted molar refractivity (Wildman–Crippen MR) is 197 cm³/mol. The molecule has 0 spiro atoms. The maximum absolute atomic E-state index is 14.2. The largest absolute Gasteiger partial charge is 0.416 e. The number of anilines is 4. The molecule has 56 heavy (non-hydrogen) atoms. The molecule has 8 rings (SSSR count). The van der Waals surface area contributed by atoms with Crippen molar-refractivity contribution in [1.29, 1.82) is 10.5 Å². The quantitative estimate of drug-likeness (QED) is 0.157. The number of nitrogens with one attached hydrogen (secondary N) is 2. The van der Waals surface area contributed by atoms with Gasteiger partial charge in [-0.25, -0.2) is 38.1 Å². The van der Waals surface area contributed by atoms with Crippen molar-refractivity contribution in [3.63, 3.8) is 0 Å². The van der Waals surface area contributed by atoms with Crippen LogP contribution in [-0.2, 0) is 6.18 Å². The van der Waals surface area contributed by atoms with E-state index in [1.54, 1.807) is 68.6 Å². The number of nitriles is 2. The molecule has 0 fully saturated rings. The normalized spacial score (nSPS) is 11.1. The Morgan fingerprint density at radius 2 is 1.09 bits per heavy atom. The van der Waals surface area contributed by atoms with E-state index in [9.17, 15) is 22.0 Å². The van der Waals surface area contributed by atoms with Crippen LogP contribution in [-0.4, -0.2) is 39.5 Å². The van der Waals surface area contributed by atoms with Crippen molar-refractivity contribution in [2.24, 2.45) is 0 Å². The van der Waals surface area contributed by atoms with Crippen molar-refractivity contribution in [2.45, 2.75) is 20.0 Å². The number of halogens is 5. The first kappa shape index (κ1) is 36.6. The van der Waals surface area contributed by atoms with Crippen LogP contribution in [0.1, 0.15) is 28.3 Å². The minimum absolute atomic E-state index is 0.0915. The van der Waals surface area contributed by atoms with Crippen LogP contribution in [0, 0.1) is 48.1 Å². The number of nitrogens with zero attached hydrogens (tertiary/aromatic N) is 10. The van der Waals surface area contributed by atoms with Crippen LogP contribution in [0.25, 0.3) is 33.4 Å². The SMILES string of the molecule is Cc1nc(Nc2ccc(C#N)cc2)c2cnn(-c3ccc(C(F)(F)F)cc3)c2n1.Cc1nc(Nc2ccc(C#N)cc2)c2cnn(-c3ccc(F)cc3F)c2n1. The van der Waals surface area contributed by atoms with Gasteiger partial charge in [0.05, 0.1) is 57.7 Å². The first-order chi connectivity index (χ1) is 26.9. The molecular weight excluding hydrogens is 732 g/mol. The Balaban J connectivity index is 0.000000172. The fraction of sp³-hybridized carbons (Fsp3) is 0.0769. The van der Waals surface area contributed by atoms with Gasteiger partial charge in [-0.05, 0) is 98.8 Å². The van der Waals surface area contributed by atoms with Crippen molar-refractivity contribution in [3.8, 4) is 23.5 Å². The third-order valence-electron chi connectivity index (χ3n) is 8.21. The first-order valence-electron chi connectivity index (χ1n) is 16.5. The van der Waals surface area contributed by atoms with E-state index in [-0.39, 0.29) is 5.69 Å². The Hall–Kier alpha value is -7.79.